The number of hydrogen-bond donors (Lipinski definition) is 1. The Balaban J connectivity index is 3.64. The predicted molar refractivity (Wildman–Crippen MR) is 55.6 cm³/mol. The van der Waals surface area contributed by atoms with Crippen molar-refractivity contribution in [1.82, 2.24) is 0 Å². The first-order valence-electron chi connectivity index (χ1n) is 4.87. The summed E-state index contributed by atoms with van der Waals surface area (Å²) in [6.07, 6.45) is 0.823. The minimum atomic E-state index is 0.124. The summed E-state index contributed by atoms with van der Waals surface area (Å²) in [6.45, 7) is 4.98. The maximum Gasteiger partial charge on any atom is 0.139 e. The van der Waals surface area contributed by atoms with Crippen LogP contribution in [0.3, 0.4) is 0 Å². The highest BCUT2D eigenvalue weighted by atomic mass is 16.5. The van der Waals surface area contributed by atoms with E-state index in [-0.39, 0.29) is 18.7 Å². The molecule has 0 bridgehead atoms. The SMILES string of the molecule is BC(OC(C)CCO)C(C)COC. The van der Waals surface area contributed by atoms with Crippen LogP contribution in [-0.2, 0) is 9.47 Å². The van der Waals surface area contributed by atoms with Gasteiger partial charge in [0.25, 0.3) is 0 Å². The average molecular weight is 188 g/mol. The van der Waals surface area contributed by atoms with E-state index in [9.17, 15) is 0 Å². The number of aliphatic hydroxyl groups is 1. The van der Waals surface area contributed by atoms with Gasteiger partial charge in [-0.15, -0.1) is 0 Å². The zero-order valence-corrected chi connectivity index (χ0v) is 9.12. The monoisotopic (exact) mass is 188 g/mol. The molecule has 0 spiro atoms. The standard InChI is InChI=1S/C9H21BO3/c1-7(6-12-3)9(10)13-8(2)4-5-11/h7-9,11H,4-6,10H2,1-3H3. The summed E-state index contributed by atoms with van der Waals surface area (Å²) in [6, 6.07) is 0.182. The van der Waals surface area contributed by atoms with Crippen LogP contribution in [0.25, 0.3) is 0 Å². The van der Waals surface area contributed by atoms with Crippen molar-refractivity contribution in [2.75, 3.05) is 20.3 Å². The Morgan fingerprint density at radius 1 is 1.38 bits per heavy atom. The Labute approximate surface area is 81.8 Å². The average Bonchev–Trinajstić information content (AvgIpc) is 2.05. The third-order valence-corrected chi connectivity index (χ3v) is 2.21. The molecule has 0 amide bonds. The summed E-state index contributed by atoms with van der Waals surface area (Å²) in [5, 5.41) is 8.69. The molecule has 0 aliphatic rings. The van der Waals surface area contributed by atoms with E-state index in [0.717, 1.165) is 0 Å². The van der Waals surface area contributed by atoms with Crippen molar-refractivity contribution < 1.29 is 14.6 Å². The van der Waals surface area contributed by atoms with Crippen LogP contribution in [0, 0.1) is 5.92 Å². The van der Waals surface area contributed by atoms with Crippen LogP contribution in [0.4, 0.5) is 0 Å². The lowest BCUT2D eigenvalue weighted by Gasteiger charge is -2.23. The van der Waals surface area contributed by atoms with Gasteiger partial charge in [0.1, 0.15) is 7.85 Å². The van der Waals surface area contributed by atoms with Crippen molar-refractivity contribution in [1.29, 1.82) is 0 Å². The Morgan fingerprint density at radius 3 is 2.46 bits per heavy atom. The summed E-state index contributed by atoms with van der Waals surface area (Å²) < 4.78 is 10.7. The molecule has 0 saturated carbocycles. The maximum atomic E-state index is 8.69. The van der Waals surface area contributed by atoms with E-state index in [1.807, 2.05) is 14.8 Å². The Hall–Kier alpha value is -0.0551. The highest BCUT2D eigenvalue weighted by Gasteiger charge is 2.15. The summed E-state index contributed by atoms with van der Waals surface area (Å²) in [7, 11) is 3.73. The van der Waals surface area contributed by atoms with E-state index in [2.05, 4.69) is 6.92 Å². The third kappa shape index (κ3) is 6.08. The second-order valence-corrected chi connectivity index (χ2v) is 3.60. The summed E-state index contributed by atoms with van der Waals surface area (Å²) >= 11 is 0. The lowest BCUT2D eigenvalue weighted by molar-refractivity contribution is -0.0126. The third-order valence-electron chi connectivity index (χ3n) is 2.21. The predicted octanol–water partition coefficient (Wildman–Crippen LogP) is 0.0156. The van der Waals surface area contributed by atoms with Gasteiger partial charge in [-0.25, -0.2) is 0 Å². The lowest BCUT2D eigenvalue weighted by atomic mass is 9.88. The van der Waals surface area contributed by atoms with Crippen molar-refractivity contribution in [3.05, 3.63) is 0 Å². The molecule has 0 rings (SSSR count). The summed E-state index contributed by atoms with van der Waals surface area (Å²) in [4.78, 5) is 0. The van der Waals surface area contributed by atoms with Gasteiger partial charge in [-0.05, 0) is 19.3 Å². The molecule has 0 aromatic carbocycles. The Morgan fingerprint density at radius 2 is 2.00 bits per heavy atom. The van der Waals surface area contributed by atoms with Gasteiger partial charge in [0.05, 0.1) is 12.7 Å². The number of aliphatic hydroxyl groups excluding tert-OH is 1. The van der Waals surface area contributed by atoms with E-state index < -0.39 is 0 Å². The quantitative estimate of drug-likeness (QED) is 0.572. The van der Waals surface area contributed by atoms with Gasteiger partial charge < -0.3 is 14.6 Å². The molecule has 1 N–H and O–H groups in total. The topological polar surface area (TPSA) is 38.7 Å². The fourth-order valence-electron chi connectivity index (χ4n) is 1.15. The van der Waals surface area contributed by atoms with Crippen molar-refractivity contribution in [2.24, 2.45) is 5.92 Å². The summed E-state index contributed by atoms with van der Waals surface area (Å²) in [5.41, 5.74) is 0. The van der Waals surface area contributed by atoms with E-state index >= 15 is 0 Å². The van der Waals surface area contributed by atoms with E-state index in [0.29, 0.717) is 18.9 Å². The highest BCUT2D eigenvalue weighted by Crippen LogP contribution is 2.08. The van der Waals surface area contributed by atoms with Gasteiger partial charge in [-0.3, -0.25) is 0 Å². The second-order valence-electron chi connectivity index (χ2n) is 3.60. The fraction of sp³-hybridized carbons (Fsp3) is 1.00. The molecule has 0 aliphatic heterocycles. The summed E-state index contributed by atoms with van der Waals surface area (Å²) in [5.74, 6) is 0.395. The van der Waals surface area contributed by atoms with Crippen LogP contribution in [0.15, 0.2) is 0 Å². The molecule has 3 unspecified atom stereocenters. The molecule has 0 heterocycles. The first kappa shape index (κ1) is 12.9. The zero-order valence-electron chi connectivity index (χ0n) is 9.12. The molecule has 3 nitrogen and oxygen atoms in total. The Kier molecular flexibility index (Phi) is 7.33. The minimum absolute atomic E-state index is 0.124. The molecule has 13 heavy (non-hydrogen) atoms. The van der Waals surface area contributed by atoms with Crippen LogP contribution in [-0.4, -0.2) is 45.4 Å². The molecule has 0 radical (unpaired) electrons. The number of methoxy groups -OCH3 is 1. The van der Waals surface area contributed by atoms with Gasteiger partial charge in [0.15, 0.2) is 0 Å². The molecular formula is C9H21BO3. The molecule has 0 aromatic rings. The second kappa shape index (κ2) is 7.36. The van der Waals surface area contributed by atoms with Crippen molar-refractivity contribution >= 4 is 7.85 Å². The van der Waals surface area contributed by atoms with Gasteiger partial charge >= 0.3 is 0 Å². The van der Waals surface area contributed by atoms with Gasteiger partial charge in [-0.2, -0.15) is 0 Å². The van der Waals surface area contributed by atoms with E-state index in [4.69, 9.17) is 14.6 Å². The van der Waals surface area contributed by atoms with Gasteiger partial charge in [0, 0.05) is 19.7 Å². The van der Waals surface area contributed by atoms with Gasteiger partial charge in [-0.1, -0.05) is 6.92 Å². The fourth-order valence-corrected chi connectivity index (χ4v) is 1.15. The number of hydrogen-bond acceptors (Lipinski definition) is 3. The van der Waals surface area contributed by atoms with Crippen LogP contribution >= 0.6 is 0 Å². The van der Waals surface area contributed by atoms with E-state index in [1.54, 1.807) is 7.11 Å². The Bertz CT molecular complexity index is 121. The molecule has 0 aromatic heterocycles. The van der Waals surface area contributed by atoms with Crippen molar-refractivity contribution in [2.45, 2.75) is 32.4 Å². The number of rotatable bonds is 7. The van der Waals surface area contributed by atoms with Crippen LogP contribution in [0.2, 0.25) is 0 Å². The smallest absolute Gasteiger partial charge is 0.139 e. The van der Waals surface area contributed by atoms with Crippen LogP contribution in [0.1, 0.15) is 20.3 Å². The molecular weight excluding hydrogens is 167 g/mol. The van der Waals surface area contributed by atoms with Crippen molar-refractivity contribution in [3.8, 4) is 0 Å². The molecule has 4 heteroatoms. The normalized spacial score (nSPS) is 18.2. The zero-order chi connectivity index (χ0) is 10.3. The van der Waals surface area contributed by atoms with Gasteiger partial charge in [0.2, 0.25) is 0 Å². The first-order chi connectivity index (χ1) is 6.11. The van der Waals surface area contributed by atoms with Crippen LogP contribution < -0.4 is 0 Å². The van der Waals surface area contributed by atoms with E-state index in [1.165, 1.54) is 0 Å². The molecule has 0 aliphatic carbocycles. The molecule has 3 atom stereocenters. The molecule has 0 saturated heterocycles. The maximum absolute atomic E-state index is 8.69. The number of ether oxygens (including phenoxy) is 2. The lowest BCUT2D eigenvalue weighted by Crippen LogP contribution is -2.29. The highest BCUT2D eigenvalue weighted by molar-refractivity contribution is 6.11. The van der Waals surface area contributed by atoms with Crippen LogP contribution in [0.5, 0.6) is 0 Å². The van der Waals surface area contributed by atoms with Crippen molar-refractivity contribution in [3.63, 3.8) is 0 Å². The largest absolute Gasteiger partial charge is 0.396 e. The first-order valence-corrected chi connectivity index (χ1v) is 4.87. The molecule has 78 valence electrons. The molecule has 0 fully saturated rings. The minimum Gasteiger partial charge on any atom is -0.396 e.